The van der Waals surface area contributed by atoms with Crippen LogP contribution in [0.2, 0.25) is 0 Å². The van der Waals surface area contributed by atoms with Gasteiger partial charge in [0.15, 0.2) is 5.78 Å². The van der Waals surface area contributed by atoms with E-state index in [1.54, 1.807) is 0 Å². The zero-order valence-electron chi connectivity index (χ0n) is 5.53. The third-order valence-electron chi connectivity index (χ3n) is 0.694. The number of carboxylic acids is 1. The maximum atomic E-state index is 10.3. The molecule has 3 nitrogen and oxygen atoms in total. The van der Waals surface area contributed by atoms with Gasteiger partial charge in [-0.05, 0) is 6.08 Å². The van der Waals surface area contributed by atoms with Crippen LogP contribution in [0.4, 0.5) is 0 Å². The molecule has 0 N–H and O–H groups in total. The van der Waals surface area contributed by atoms with Crippen molar-refractivity contribution < 1.29 is 44.3 Å². The summed E-state index contributed by atoms with van der Waals surface area (Å²) in [5.41, 5.74) is 0. The molecule has 0 aliphatic rings. The average Bonchev–Trinajstić information content (AvgIpc) is 1.84. The van der Waals surface area contributed by atoms with Gasteiger partial charge < -0.3 is 9.90 Å². The topological polar surface area (TPSA) is 57.2 Å². The van der Waals surface area contributed by atoms with Crippen molar-refractivity contribution in [3.05, 3.63) is 12.7 Å². The SMILES string of the molecule is C=CC(=O)C(S)C(=O)[O-].[Na+]. The molecule has 0 aliphatic carbocycles. The number of thiol groups is 1. The molecule has 0 saturated carbocycles. The van der Waals surface area contributed by atoms with Gasteiger partial charge in [-0.3, -0.25) is 4.79 Å². The van der Waals surface area contributed by atoms with Crippen LogP contribution in [0.15, 0.2) is 12.7 Å². The standard InChI is InChI=1S/C5H6O3S.Na/c1-2-3(6)4(9)5(7)8;/h2,4,9H,1H2,(H,7,8);/q;+1/p-1. The van der Waals surface area contributed by atoms with Crippen LogP contribution in [-0.4, -0.2) is 17.0 Å². The zero-order chi connectivity index (χ0) is 7.44. The van der Waals surface area contributed by atoms with Gasteiger partial charge >= 0.3 is 29.6 Å². The molecule has 0 bridgehead atoms. The molecule has 0 rings (SSSR count). The van der Waals surface area contributed by atoms with Crippen molar-refractivity contribution in [3.8, 4) is 0 Å². The number of hydrogen-bond acceptors (Lipinski definition) is 4. The molecule has 0 heterocycles. The van der Waals surface area contributed by atoms with Crippen molar-refractivity contribution in [2.75, 3.05) is 0 Å². The predicted molar refractivity (Wildman–Crippen MR) is 33.0 cm³/mol. The second kappa shape index (κ2) is 5.97. The fourth-order valence-electron chi connectivity index (χ4n) is 0.228. The maximum absolute atomic E-state index is 10.3. The fourth-order valence-corrected chi connectivity index (χ4v) is 0.333. The second-order valence-corrected chi connectivity index (χ2v) is 1.84. The third kappa shape index (κ3) is 4.11. The molecule has 0 aromatic rings. The number of allylic oxidation sites excluding steroid dienone is 1. The minimum absolute atomic E-state index is 0. The Hall–Kier alpha value is 0.230. The number of rotatable bonds is 3. The van der Waals surface area contributed by atoms with Gasteiger partial charge in [0.1, 0.15) is 5.25 Å². The van der Waals surface area contributed by atoms with Crippen molar-refractivity contribution in [3.63, 3.8) is 0 Å². The largest absolute Gasteiger partial charge is 1.00 e. The van der Waals surface area contributed by atoms with E-state index in [1.807, 2.05) is 0 Å². The first-order chi connectivity index (χ1) is 4.09. The van der Waals surface area contributed by atoms with Gasteiger partial charge in [0.2, 0.25) is 0 Å². The molecule has 10 heavy (non-hydrogen) atoms. The van der Waals surface area contributed by atoms with Crippen LogP contribution in [-0.2, 0) is 9.59 Å². The van der Waals surface area contributed by atoms with Crippen LogP contribution < -0.4 is 34.7 Å². The van der Waals surface area contributed by atoms with Gasteiger partial charge in [-0.25, -0.2) is 0 Å². The molecule has 5 heteroatoms. The quantitative estimate of drug-likeness (QED) is 0.201. The molecule has 1 atom stereocenters. The molecule has 0 aliphatic heterocycles. The van der Waals surface area contributed by atoms with E-state index in [0.29, 0.717) is 0 Å². The average molecular weight is 168 g/mol. The molecule has 0 aromatic carbocycles. The molecule has 1 unspecified atom stereocenters. The van der Waals surface area contributed by atoms with Gasteiger partial charge in [0, 0.05) is 0 Å². The van der Waals surface area contributed by atoms with E-state index < -0.39 is 17.0 Å². The van der Waals surface area contributed by atoms with Crippen molar-refractivity contribution in [2.45, 2.75) is 5.25 Å². The smallest absolute Gasteiger partial charge is 0.548 e. The summed E-state index contributed by atoms with van der Waals surface area (Å²) in [6.07, 6.45) is 0.896. The van der Waals surface area contributed by atoms with Crippen LogP contribution in [0, 0.1) is 0 Å². The molecular weight excluding hydrogens is 163 g/mol. The summed E-state index contributed by atoms with van der Waals surface area (Å²) in [7, 11) is 0. The van der Waals surface area contributed by atoms with E-state index in [0.717, 1.165) is 6.08 Å². The van der Waals surface area contributed by atoms with E-state index in [9.17, 15) is 14.7 Å². The van der Waals surface area contributed by atoms with Crippen molar-refractivity contribution in [2.24, 2.45) is 0 Å². The Balaban J connectivity index is 0. The molecule has 50 valence electrons. The van der Waals surface area contributed by atoms with E-state index >= 15 is 0 Å². The Morgan fingerprint density at radius 2 is 2.00 bits per heavy atom. The molecular formula is C5H5NaO3S. The predicted octanol–water partition coefficient (Wildman–Crippen LogP) is -4.21. The Morgan fingerprint density at radius 1 is 1.60 bits per heavy atom. The number of carboxylic acid groups (broad SMARTS) is 1. The van der Waals surface area contributed by atoms with Crippen LogP contribution in [0.25, 0.3) is 0 Å². The van der Waals surface area contributed by atoms with Gasteiger partial charge in [0.05, 0.1) is 5.97 Å². The van der Waals surface area contributed by atoms with Gasteiger partial charge in [0.25, 0.3) is 0 Å². The number of carbonyl (C=O) groups is 2. The Kier molecular flexibility index (Phi) is 7.69. The minimum Gasteiger partial charge on any atom is -0.548 e. The minimum atomic E-state index is -1.50. The molecule has 0 radical (unpaired) electrons. The fraction of sp³-hybridized carbons (Fsp3) is 0.200. The number of ketones is 1. The van der Waals surface area contributed by atoms with E-state index in [4.69, 9.17) is 0 Å². The van der Waals surface area contributed by atoms with Crippen LogP contribution in [0.5, 0.6) is 0 Å². The first kappa shape index (κ1) is 12.9. The van der Waals surface area contributed by atoms with E-state index in [2.05, 4.69) is 19.2 Å². The normalized spacial score (nSPS) is 10.9. The third-order valence-corrected chi connectivity index (χ3v) is 1.16. The zero-order valence-corrected chi connectivity index (χ0v) is 8.43. The molecule has 0 saturated heterocycles. The van der Waals surface area contributed by atoms with E-state index in [1.165, 1.54) is 0 Å². The van der Waals surface area contributed by atoms with Crippen molar-refractivity contribution in [1.29, 1.82) is 0 Å². The van der Waals surface area contributed by atoms with Gasteiger partial charge in [-0.1, -0.05) is 6.58 Å². The first-order valence-electron chi connectivity index (χ1n) is 2.14. The van der Waals surface area contributed by atoms with Crippen molar-refractivity contribution >= 4 is 24.4 Å². The molecule has 0 aromatic heterocycles. The first-order valence-corrected chi connectivity index (χ1v) is 2.66. The monoisotopic (exact) mass is 168 g/mol. The van der Waals surface area contributed by atoms with Gasteiger partial charge in [-0.15, -0.1) is 0 Å². The summed E-state index contributed by atoms with van der Waals surface area (Å²) in [4.78, 5) is 20.2. The summed E-state index contributed by atoms with van der Waals surface area (Å²) in [5, 5.41) is 8.47. The van der Waals surface area contributed by atoms with Crippen LogP contribution in [0.3, 0.4) is 0 Å². The van der Waals surface area contributed by atoms with E-state index in [-0.39, 0.29) is 29.6 Å². The van der Waals surface area contributed by atoms with Gasteiger partial charge in [-0.2, -0.15) is 12.6 Å². The molecule has 0 spiro atoms. The summed E-state index contributed by atoms with van der Waals surface area (Å²) < 4.78 is 0. The second-order valence-electron chi connectivity index (χ2n) is 1.33. The Morgan fingerprint density at radius 3 is 2.10 bits per heavy atom. The van der Waals surface area contributed by atoms with Crippen molar-refractivity contribution in [1.82, 2.24) is 0 Å². The summed E-state index contributed by atoms with van der Waals surface area (Å²) in [6.45, 7) is 3.07. The number of hydrogen-bond donors (Lipinski definition) is 1. The summed E-state index contributed by atoms with van der Waals surface area (Å²) in [6, 6.07) is 0. The van der Waals surface area contributed by atoms with Crippen LogP contribution >= 0.6 is 12.6 Å². The number of aliphatic carboxylic acids is 1. The summed E-state index contributed by atoms with van der Waals surface area (Å²) >= 11 is 3.42. The summed E-state index contributed by atoms with van der Waals surface area (Å²) in [5.74, 6) is -2.15. The maximum Gasteiger partial charge on any atom is 1.00 e. The Bertz CT molecular complexity index is 157. The molecule has 0 amide bonds. The Labute approximate surface area is 86.2 Å². The molecule has 0 fully saturated rings. The number of carbonyl (C=O) groups excluding carboxylic acids is 2. The van der Waals surface area contributed by atoms with Crippen LogP contribution in [0.1, 0.15) is 0 Å².